The summed E-state index contributed by atoms with van der Waals surface area (Å²) >= 11 is 0. The molecule has 0 aromatic heterocycles. The first-order valence-corrected chi connectivity index (χ1v) is 4.24. The summed E-state index contributed by atoms with van der Waals surface area (Å²) in [7, 11) is -0.172. The van der Waals surface area contributed by atoms with Crippen LogP contribution in [0.1, 0.15) is 12.8 Å². The van der Waals surface area contributed by atoms with Crippen molar-refractivity contribution in [3.05, 3.63) is 11.9 Å². The van der Waals surface area contributed by atoms with Gasteiger partial charge in [0.15, 0.2) is 0 Å². The van der Waals surface area contributed by atoms with Gasteiger partial charge in [-0.25, -0.2) is 0 Å². The lowest BCUT2D eigenvalue weighted by molar-refractivity contribution is 0.955. The average Bonchev–Trinajstić information content (AvgIpc) is 1.69. The van der Waals surface area contributed by atoms with E-state index in [0.717, 1.165) is 0 Å². The molecular formula is C5H10NP. The van der Waals surface area contributed by atoms with Gasteiger partial charge in [0.1, 0.15) is 0 Å². The Bertz CT molecular complexity index is 80.1. The summed E-state index contributed by atoms with van der Waals surface area (Å²) in [6.45, 7) is 0. The molecule has 1 nitrogen and oxygen atoms in total. The fourth-order valence-electron chi connectivity index (χ4n) is 0.676. The molecule has 0 saturated carbocycles. The molecule has 2 N–H and O–H groups in total. The molecule has 0 spiro atoms. The molecule has 1 aliphatic rings. The van der Waals surface area contributed by atoms with Crippen LogP contribution in [0.3, 0.4) is 0 Å². The van der Waals surface area contributed by atoms with E-state index in [0.29, 0.717) is 0 Å². The molecule has 1 aliphatic heterocycles. The summed E-state index contributed by atoms with van der Waals surface area (Å²) in [5.41, 5.74) is 5.61. The van der Waals surface area contributed by atoms with E-state index in [2.05, 4.69) is 11.9 Å². The first-order valence-electron chi connectivity index (χ1n) is 2.57. The molecule has 0 radical (unpaired) electrons. The highest BCUT2D eigenvalue weighted by molar-refractivity contribution is 7.58. The Hall–Kier alpha value is 0.130. The molecule has 2 heteroatoms. The van der Waals surface area contributed by atoms with Crippen LogP contribution in [0, 0.1) is 0 Å². The number of hydrogen-bond acceptors (Lipinski definition) is 1. The van der Waals surface area contributed by atoms with Crippen LogP contribution in [0.5, 0.6) is 0 Å². The fraction of sp³-hybridized carbons (Fsp3) is 0.600. The Morgan fingerprint density at radius 3 is 2.71 bits per heavy atom. The third kappa shape index (κ3) is 1.58. The highest BCUT2D eigenvalue weighted by atomic mass is 31.1. The van der Waals surface area contributed by atoms with Gasteiger partial charge in [-0.1, -0.05) is 11.9 Å². The van der Waals surface area contributed by atoms with Crippen molar-refractivity contribution in [2.24, 2.45) is 5.50 Å². The van der Waals surface area contributed by atoms with Gasteiger partial charge in [-0.3, -0.25) is 0 Å². The lowest BCUT2D eigenvalue weighted by Gasteiger charge is -2.08. The Morgan fingerprint density at radius 1 is 1.57 bits per heavy atom. The van der Waals surface area contributed by atoms with Gasteiger partial charge in [-0.2, -0.15) is 0 Å². The van der Waals surface area contributed by atoms with E-state index in [4.69, 9.17) is 5.50 Å². The maximum absolute atomic E-state index is 5.61. The predicted molar refractivity (Wildman–Crippen MR) is 34.3 cm³/mol. The van der Waals surface area contributed by atoms with Crippen LogP contribution in [0.2, 0.25) is 0 Å². The Morgan fingerprint density at radius 2 is 2.43 bits per heavy atom. The van der Waals surface area contributed by atoms with Crippen molar-refractivity contribution in [1.29, 1.82) is 0 Å². The van der Waals surface area contributed by atoms with E-state index in [1.807, 2.05) is 0 Å². The molecule has 0 amide bonds. The maximum atomic E-state index is 5.61. The van der Waals surface area contributed by atoms with E-state index in [1.165, 1.54) is 19.0 Å². The summed E-state index contributed by atoms with van der Waals surface area (Å²) in [5.74, 6) is 2.15. The third-order valence-corrected chi connectivity index (χ3v) is 2.51. The monoisotopic (exact) mass is 115 g/mol. The fourth-order valence-corrected chi connectivity index (χ4v) is 1.79. The molecule has 40 valence electrons. The summed E-state index contributed by atoms with van der Waals surface area (Å²) in [5, 5.41) is 0. The second kappa shape index (κ2) is 2.44. The Kier molecular flexibility index (Phi) is 1.84. The molecule has 0 aromatic rings. The highest BCUT2D eigenvalue weighted by Crippen LogP contribution is 2.31. The van der Waals surface area contributed by atoms with Crippen LogP contribution in [0.4, 0.5) is 0 Å². The molecule has 0 aromatic carbocycles. The lowest BCUT2D eigenvalue weighted by atomic mass is 10.3. The van der Waals surface area contributed by atoms with Gasteiger partial charge >= 0.3 is 0 Å². The van der Waals surface area contributed by atoms with Crippen LogP contribution < -0.4 is 5.50 Å². The largest absolute Gasteiger partial charge is 0.307 e. The van der Waals surface area contributed by atoms with Gasteiger partial charge in [0.25, 0.3) is 0 Å². The molecular weight excluding hydrogens is 105 g/mol. The van der Waals surface area contributed by atoms with Gasteiger partial charge in [-0.05, 0) is 27.1 Å². The van der Waals surface area contributed by atoms with Crippen LogP contribution >= 0.6 is 8.07 Å². The quantitative estimate of drug-likeness (QED) is 0.477. The average molecular weight is 115 g/mol. The molecule has 1 rings (SSSR count). The van der Waals surface area contributed by atoms with E-state index < -0.39 is 0 Å². The number of nitrogens with two attached hydrogens (primary N) is 1. The van der Waals surface area contributed by atoms with Crippen molar-refractivity contribution in [3.8, 4) is 0 Å². The van der Waals surface area contributed by atoms with Gasteiger partial charge in [-0.15, -0.1) is 0 Å². The number of rotatable bonds is 0. The molecule has 0 saturated heterocycles. The topological polar surface area (TPSA) is 26.0 Å². The molecule has 0 aliphatic carbocycles. The maximum Gasteiger partial charge on any atom is -0.0158 e. The van der Waals surface area contributed by atoms with Crippen molar-refractivity contribution in [1.82, 2.24) is 0 Å². The zero-order valence-corrected chi connectivity index (χ0v) is 5.20. The zero-order valence-electron chi connectivity index (χ0n) is 4.30. The van der Waals surface area contributed by atoms with Gasteiger partial charge in [0.2, 0.25) is 0 Å². The SMILES string of the molecule is NP1C=CCCC1. The van der Waals surface area contributed by atoms with E-state index in [9.17, 15) is 0 Å². The zero-order chi connectivity index (χ0) is 5.11. The molecule has 7 heavy (non-hydrogen) atoms. The molecule has 0 bridgehead atoms. The van der Waals surface area contributed by atoms with Crippen LogP contribution in [-0.2, 0) is 0 Å². The minimum Gasteiger partial charge on any atom is -0.307 e. The van der Waals surface area contributed by atoms with Crippen molar-refractivity contribution in [3.63, 3.8) is 0 Å². The summed E-state index contributed by atoms with van der Waals surface area (Å²) < 4.78 is 0. The minimum atomic E-state index is -0.172. The van der Waals surface area contributed by atoms with Crippen molar-refractivity contribution >= 4 is 8.07 Å². The molecule has 1 atom stereocenters. The van der Waals surface area contributed by atoms with Crippen LogP contribution in [0.25, 0.3) is 0 Å². The smallest absolute Gasteiger partial charge is 0.0158 e. The minimum absolute atomic E-state index is 0.172. The standard InChI is InChI=1S/C5H10NP/c6-7-4-2-1-3-5-7/h2,4H,1,3,5-6H2. The van der Waals surface area contributed by atoms with Gasteiger partial charge < -0.3 is 5.50 Å². The number of hydrogen-bond donors (Lipinski definition) is 1. The van der Waals surface area contributed by atoms with Crippen molar-refractivity contribution in [2.75, 3.05) is 6.16 Å². The van der Waals surface area contributed by atoms with Crippen molar-refractivity contribution < 1.29 is 0 Å². The van der Waals surface area contributed by atoms with E-state index in [-0.39, 0.29) is 8.07 Å². The summed E-state index contributed by atoms with van der Waals surface area (Å²) in [4.78, 5) is 0. The molecule has 1 unspecified atom stereocenters. The second-order valence-electron chi connectivity index (χ2n) is 1.76. The third-order valence-electron chi connectivity index (χ3n) is 1.08. The normalized spacial score (nSPS) is 30.7. The predicted octanol–water partition coefficient (Wildman–Crippen LogP) is 1.65. The Labute approximate surface area is 45.4 Å². The van der Waals surface area contributed by atoms with Crippen LogP contribution in [0.15, 0.2) is 11.9 Å². The summed E-state index contributed by atoms with van der Waals surface area (Å²) in [6.07, 6.45) is 5.98. The first-order chi connectivity index (χ1) is 3.39. The Balaban J connectivity index is 2.36. The number of allylic oxidation sites excluding steroid dienone is 1. The van der Waals surface area contributed by atoms with Gasteiger partial charge in [0.05, 0.1) is 0 Å². The van der Waals surface area contributed by atoms with E-state index in [1.54, 1.807) is 0 Å². The first kappa shape index (κ1) is 5.27. The second-order valence-corrected chi connectivity index (χ2v) is 3.54. The lowest BCUT2D eigenvalue weighted by Crippen LogP contribution is -1.93. The van der Waals surface area contributed by atoms with Gasteiger partial charge in [0, 0.05) is 0 Å². The molecule has 1 heterocycles. The van der Waals surface area contributed by atoms with Crippen LogP contribution in [-0.4, -0.2) is 6.16 Å². The van der Waals surface area contributed by atoms with E-state index >= 15 is 0 Å². The summed E-state index contributed by atoms with van der Waals surface area (Å²) in [6, 6.07) is 0. The highest BCUT2D eigenvalue weighted by Gasteiger charge is 1.98. The van der Waals surface area contributed by atoms with Crippen molar-refractivity contribution in [2.45, 2.75) is 12.8 Å². The molecule has 0 fully saturated rings.